The van der Waals surface area contributed by atoms with Crippen LogP contribution in [0.1, 0.15) is 13.3 Å². The normalized spacial score (nSPS) is 30.1. The SMILES string of the molecule is CC(CO)NC(=O)C1CC(O)CN1. The van der Waals surface area contributed by atoms with Gasteiger partial charge in [0, 0.05) is 12.6 Å². The third kappa shape index (κ3) is 2.95. The molecule has 13 heavy (non-hydrogen) atoms. The highest BCUT2D eigenvalue weighted by Crippen LogP contribution is 2.06. The maximum absolute atomic E-state index is 11.4. The van der Waals surface area contributed by atoms with Gasteiger partial charge in [0.2, 0.25) is 5.91 Å². The summed E-state index contributed by atoms with van der Waals surface area (Å²) in [6, 6.07) is -0.545. The van der Waals surface area contributed by atoms with Crippen LogP contribution in [0.3, 0.4) is 0 Å². The summed E-state index contributed by atoms with van der Waals surface area (Å²) in [6.45, 7) is 2.12. The highest BCUT2D eigenvalue weighted by atomic mass is 16.3. The first-order chi connectivity index (χ1) is 6.13. The van der Waals surface area contributed by atoms with Gasteiger partial charge in [-0.1, -0.05) is 0 Å². The first-order valence-corrected chi connectivity index (χ1v) is 4.46. The van der Waals surface area contributed by atoms with Crippen LogP contribution in [-0.2, 0) is 4.79 Å². The van der Waals surface area contributed by atoms with Gasteiger partial charge in [-0.15, -0.1) is 0 Å². The number of carbonyl (C=O) groups excluding carboxylic acids is 1. The minimum atomic E-state index is -0.430. The topological polar surface area (TPSA) is 81.6 Å². The Morgan fingerprint density at radius 2 is 2.46 bits per heavy atom. The van der Waals surface area contributed by atoms with Crippen LogP contribution in [0.2, 0.25) is 0 Å². The molecule has 0 saturated carbocycles. The van der Waals surface area contributed by atoms with E-state index >= 15 is 0 Å². The van der Waals surface area contributed by atoms with Crippen LogP contribution in [0.4, 0.5) is 0 Å². The molecule has 0 aromatic carbocycles. The summed E-state index contributed by atoms with van der Waals surface area (Å²) >= 11 is 0. The van der Waals surface area contributed by atoms with E-state index in [-0.39, 0.29) is 24.6 Å². The zero-order valence-corrected chi connectivity index (χ0v) is 7.66. The van der Waals surface area contributed by atoms with E-state index in [2.05, 4.69) is 10.6 Å². The molecule has 1 amide bonds. The molecule has 0 aliphatic carbocycles. The molecule has 0 aromatic heterocycles. The van der Waals surface area contributed by atoms with Crippen LogP contribution < -0.4 is 10.6 Å². The number of rotatable bonds is 3. The monoisotopic (exact) mass is 188 g/mol. The van der Waals surface area contributed by atoms with Crippen molar-refractivity contribution in [3.05, 3.63) is 0 Å². The van der Waals surface area contributed by atoms with Crippen molar-refractivity contribution < 1.29 is 15.0 Å². The lowest BCUT2D eigenvalue weighted by Gasteiger charge is -2.14. The van der Waals surface area contributed by atoms with Crippen LogP contribution in [0.15, 0.2) is 0 Å². The first kappa shape index (κ1) is 10.4. The standard InChI is InChI=1S/C8H16N2O3/c1-5(4-11)10-8(13)7-2-6(12)3-9-7/h5-7,9,11-12H,2-4H2,1H3,(H,10,13). The second-order valence-corrected chi connectivity index (χ2v) is 3.44. The Labute approximate surface area is 77.1 Å². The molecule has 0 bridgehead atoms. The zero-order chi connectivity index (χ0) is 9.84. The van der Waals surface area contributed by atoms with Crippen LogP contribution in [-0.4, -0.2) is 47.5 Å². The lowest BCUT2D eigenvalue weighted by atomic mass is 10.2. The van der Waals surface area contributed by atoms with Crippen molar-refractivity contribution in [1.82, 2.24) is 10.6 Å². The van der Waals surface area contributed by atoms with E-state index in [4.69, 9.17) is 10.2 Å². The van der Waals surface area contributed by atoms with Gasteiger partial charge < -0.3 is 20.8 Å². The molecular weight excluding hydrogens is 172 g/mol. The van der Waals surface area contributed by atoms with Gasteiger partial charge in [0.1, 0.15) is 0 Å². The van der Waals surface area contributed by atoms with E-state index in [0.29, 0.717) is 13.0 Å². The Balaban J connectivity index is 2.31. The van der Waals surface area contributed by atoms with Gasteiger partial charge >= 0.3 is 0 Å². The number of carbonyl (C=O) groups is 1. The van der Waals surface area contributed by atoms with Crippen molar-refractivity contribution in [3.8, 4) is 0 Å². The Kier molecular flexibility index (Phi) is 3.65. The number of aliphatic hydroxyl groups is 2. The van der Waals surface area contributed by atoms with Crippen molar-refractivity contribution in [3.63, 3.8) is 0 Å². The van der Waals surface area contributed by atoms with E-state index in [1.54, 1.807) is 6.92 Å². The summed E-state index contributed by atoms with van der Waals surface area (Å²) < 4.78 is 0. The van der Waals surface area contributed by atoms with E-state index in [9.17, 15) is 4.79 Å². The summed E-state index contributed by atoms with van der Waals surface area (Å²) in [7, 11) is 0. The van der Waals surface area contributed by atoms with E-state index in [1.807, 2.05) is 0 Å². The summed E-state index contributed by atoms with van der Waals surface area (Å²) in [5, 5.41) is 23.4. The number of aliphatic hydroxyl groups excluding tert-OH is 2. The third-order valence-corrected chi connectivity index (χ3v) is 2.09. The molecule has 76 valence electrons. The van der Waals surface area contributed by atoms with Gasteiger partial charge in [-0.3, -0.25) is 4.79 Å². The van der Waals surface area contributed by atoms with E-state index in [0.717, 1.165) is 0 Å². The lowest BCUT2D eigenvalue weighted by molar-refractivity contribution is -0.123. The van der Waals surface area contributed by atoms with Gasteiger partial charge in [0.05, 0.1) is 18.8 Å². The second-order valence-electron chi connectivity index (χ2n) is 3.44. The molecule has 1 rings (SSSR count). The molecule has 1 aliphatic heterocycles. The van der Waals surface area contributed by atoms with Crippen molar-refractivity contribution in [2.45, 2.75) is 31.5 Å². The summed E-state index contributed by atoms with van der Waals surface area (Å²) in [5.74, 6) is -0.155. The average molecular weight is 188 g/mol. The fraction of sp³-hybridized carbons (Fsp3) is 0.875. The van der Waals surface area contributed by atoms with E-state index in [1.165, 1.54) is 0 Å². The molecule has 3 atom stereocenters. The number of β-amino-alcohol motifs (C(OH)–C–C–N with tert-alkyl or cyclic N) is 1. The Bertz CT molecular complexity index is 186. The minimum absolute atomic E-state index is 0.0684. The summed E-state index contributed by atoms with van der Waals surface area (Å²) in [6.07, 6.45) is 0.0180. The van der Waals surface area contributed by atoms with Crippen molar-refractivity contribution in [2.75, 3.05) is 13.2 Å². The Morgan fingerprint density at radius 3 is 2.92 bits per heavy atom. The molecule has 1 heterocycles. The highest BCUT2D eigenvalue weighted by molar-refractivity contribution is 5.82. The van der Waals surface area contributed by atoms with Crippen LogP contribution in [0.5, 0.6) is 0 Å². The third-order valence-electron chi connectivity index (χ3n) is 2.09. The molecular formula is C8H16N2O3. The predicted molar refractivity (Wildman–Crippen MR) is 47.1 cm³/mol. The van der Waals surface area contributed by atoms with Gasteiger partial charge in [-0.05, 0) is 13.3 Å². The summed E-state index contributed by atoms with van der Waals surface area (Å²) in [4.78, 5) is 11.4. The molecule has 1 saturated heterocycles. The predicted octanol–water partition coefficient (Wildman–Crippen LogP) is -1.79. The van der Waals surface area contributed by atoms with Crippen LogP contribution >= 0.6 is 0 Å². The van der Waals surface area contributed by atoms with Crippen molar-refractivity contribution in [1.29, 1.82) is 0 Å². The minimum Gasteiger partial charge on any atom is -0.394 e. The molecule has 1 aliphatic rings. The fourth-order valence-electron chi connectivity index (χ4n) is 1.31. The molecule has 5 heteroatoms. The van der Waals surface area contributed by atoms with Crippen molar-refractivity contribution >= 4 is 5.91 Å². The van der Waals surface area contributed by atoms with Crippen molar-refractivity contribution in [2.24, 2.45) is 0 Å². The number of nitrogens with one attached hydrogen (secondary N) is 2. The number of amides is 1. The Hall–Kier alpha value is -0.650. The quantitative estimate of drug-likeness (QED) is 0.421. The fourth-order valence-corrected chi connectivity index (χ4v) is 1.31. The molecule has 0 radical (unpaired) electrons. The van der Waals surface area contributed by atoms with Gasteiger partial charge in [0.25, 0.3) is 0 Å². The van der Waals surface area contributed by atoms with Crippen LogP contribution in [0, 0.1) is 0 Å². The molecule has 0 spiro atoms. The van der Waals surface area contributed by atoms with Crippen LogP contribution in [0.25, 0.3) is 0 Å². The molecule has 3 unspecified atom stereocenters. The second kappa shape index (κ2) is 4.55. The molecule has 4 N–H and O–H groups in total. The highest BCUT2D eigenvalue weighted by Gasteiger charge is 2.28. The van der Waals surface area contributed by atoms with E-state index < -0.39 is 6.10 Å². The zero-order valence-electron chi connectivity index (χ0n) is 7.66. The number of hydrogen-bond acceptors (Lipinski definition) is 4. The average Bonchev–Trinajstić information content (AvgIpc) is 2.51. The lowest BCUT2D eigenvalue weighted by Crippen LogP contribution is -2.45. The largest absolute Gasteiger partial charge is 0.394 e. The Morgan fingerprint density at radius 1 is 1.77 bits per heavy atom. The smallest absolute Gasteiger partial charge is 0.237 e. The van der Waals surface area contributed by atoms with Gasteiger partial charge in [-0.2, -0.15) is 0 Å². The maximum Gasteiger partial charge on any atom is 0.237 e. The van der Waals surface area contributed by atoms with Gasteiger partial charge in [-0.25, -0.2) is 0 Å². The molecule has 5 nitrogen and oxygen atoms in total. The molecule has 1 fully saturated rings. The number of hydrogen-bond donors (Lipinski definition) is 4. The first-order valence-electron chi connectivity index (χ1n) is 4.46. The maximum atomic E-state index is 11.4. The molecule has 0 aromatic rings. The summed E-state index contributed by atoms with van der Waals surface area (Å²) in [5.41, 5.74) is 0. The van der Waals surface area contributed by atoms with Gasteiger partial charge in [0.15, 0.2) is 0 Å².